The van der Waals surface area contributed by atoms with Gasteiger partial charge in [-0.15, -0.1) is 0 Å². The highest BCUT2D eigenvalue weighted by atomic mass is 16.2. The molecule has 1 N–H and O–H groups in total. The van der Waals surface area contributed by atoms with Crippen LogP contribution >= 0.6 is 0 Å². The lowest BCUT2D eigenvalue weighted by Gasteiger charge is -2.37. The minimum Gasteiger partial charge on any atom is -0.352 e. The van der Waals surface area contributed by atoms with Crippen molar-refractivity contribution in [3.63, 3.8) is 0 Å². The molecule has 0 aromatic carbocycles. The standard InChI is InChI=1S/C17H30N2O/c1-17(2)9-7-13(8-10-17)12-19-11-3-4-15(19)16(20)18-14-5-6-14/h13-15H,3-12H2,1-2H3,(H,18,20). The number of carbonyl (C=O) groups is 1. The molecule has 3 rings (SSSR count). The first-order valence-electron chi connectivity index (χ1n) is 8.58. The van der Waals surface area contributed by atoms with Gasteiger partial charge in [-0.1, -0.05) is 13.8 Å². The molecule has 3 nitrogen and oxygen atoms in total. The molecule has 3 fully saturated rings. The van der Waals surface area contributed by atoms with Gasteiger partial charge in [0.2, 0.25) is 5.91 Å². The van der Waals surface area contributed by atoms with E-state index in [-0.39, 0.29) is 6.04 Å². The van der Waals surface area contributed by atoms with Crippen molar-refractivity contribution in [3.05, 3.63) is 0 Å². The molecule has 3 aliphatic rings. The van der Waals surface area contributed by atoms with E-state index in [2.05, 4.69) is 24.1 Å². The summed E-state index contributed by atoms with van der Waals surface area (Å²) in [7, 11) is 0. The quantitative estimate of drug-likeness (QED) is 0.857. The average Bonchev–Trinajstić information content (AvgIpc) is 3.08. The van der Waals surface area contributed by atoms with Crippen LogP contribution in [-0.4, -0.2) is 36.0 Å². The smallest absolute Gasteiger partial charge is 0.237 e. The van der Waals surface area contributed by atoms with Crippen LogP contribution in [0.5, 0.6) is 0 Å². The molecule has 114 valence electrons. The predicted octanol–water partition coefficient (Wildman–Crippen LogP) is 2.95. The Hall–Kier alpha value is -0.570. The van der Waals surface area contributed by atoms with Crippen molar-refractivity contribution in [1.82, 2.24) is 10.2 Å². The lowest BCUT2D eigenvalue weighted by molar-refractivity contribution is -0.125. The summed E-state index contributed by atoms with van der Waals surface area (Å²) in [6.07, 6.45) is 10.0. The molecule has 0 bridgehead atoms. The summed E-state index contributed by atoms with van der Waals surface area (Å²) in [4.78, 5) is 14.8. The molecule has 0 aromatic rings. The molecule has 1 heterocycles. The first-order valence-corrected chi connectivity index (χ1v) is 8.58. The highest BCUT2D eigenvalue weighted by Gasteiger charge is 2.36. The van der Waals surface area contributed by atoms with E-state index in [4.69, 9.17) is 0 Å². The highest BCUT2D eigenvalue weighted by molar-refractivity contribution is 5.82. The van der Waals surface area contributed by atoms with Gasteiger partial charge in [-0.05, 0) is 69.2 Å². The van der Waals surface area contributed by atoms with Crippen LogP contribution in [0, 0.1) is 11.3 Å². The van der Waals surface area contributed by atoms with Gasteiger partial charge in [0.1, 0.15) is 0 Å². The van der Waals surface area contributed by atoms with Gasteiger partial charge in [0.15, 0.2) is 0 Å². The van der Waals surface area contributed by atoms with E-state index in [1.54, 1.807) is 0 Å². The fourth-order valence-electron chi connectivity index (χ4n) is 3.84. The third kappa shape index (κ3) is 3.55. The van der Waals surface area contributed by atoms with Crippen molar-refractivity contribution in [3.8, 4) is 0 Å². The number of carbonyl (C=O) groups excluding carboxylic acids is 1. The molecule has 1 amide bonds. The number of nitrogens with zero attached hydrogens (tertiary/aromatic N) is 1. The number of rotatable bonds is 4. The Morgan fingerprint density at radius 3 is 2.50 bits per heavy atom. The molecule has 1 atom stereocenters. The SMILES string of the molecule is CC1(C)CCC(CN2CCCC2C(=O)NC2CC2)CC1. The van der Waals surface area contributed by atoms with Crippen molar-refractivity contribution in [2.45, 2.75) is 77.3 Å². The molecule has 0 aromatic heterocycles. The van der Waals surface area contributed by atoms with E-state index in [1.165, 1.54) is 44.9 Å². The van der Waals surface area contributed by atoms with E-state index in [0.717, 1.165) is 25.4 Å². The van der Waals surface area contributed by atoms with Gasteiger partial charge in [-0.3, -0.25) is 9.69 Å². The summed E-state index contributed by atoms with van der Waals surface area (Å²) in [6, 6.07) is 0.672. The number of amides is 1. The topological polar surface area (TPSA) is 32.3 Å². The largest absolute Gasteiger partial charge is 0.352 e. The number of likely N-dealkylation sites (tertiary alicyclic amines) is 1. The average molecular weight is 278 g/mol. The fraction of sp³-hybridized carbons (Fsp3) is 0.941. The van der Waals surface area contributed by atoms with Crippen molar-refractivity contribution >= 4 is 5.91 Å². The van der Waals surface area contributed by atoms with Crippen LogP contribution in [0.3, 0.4) is 0 Å². The Kier molecular flexibility index (Phi) is 4.07. The minimum absolute atomic E-state index is 0.172. The summed E-state index contributed by atoms with van der Waals surface area (Å²) >= 11 is 0. The van der Waals surface area contributed by atoms with Crippen LogP contribution < -0.4 is 5.32 Å². The molecule has 0 spiro atoms. The number of hydrogen-bond donors (Lipinski definition) is 1. The third-order valence-corrected chi connectivity index (χ3v) is 5.54. The van der Waals surface area contributed by atoms with Crippen molar-refractivity contribution in [2.24, 2.45) is 11.3 Å². The summed E-state index contributed by atoms with van der Waals surface area (Å²) in [5, 5.41) is 3.20. The van der Waals surface area contributed by atoms with Gasteiger partial charge in [0.05, 0.1) is 6.04 Å². The van der Waals surface area contributed by atoms with Crippen LogP contribution in [0.2, 0.25) is 0 Å². The molecular weight excluding hydrogens is 248 g/mol. The molecule has 1 unspecified atom stereocenters. The molecule has 0 radical (unpaired) electrons. The number of nitrogens with one attached hydrogen (secondary N) is 1. The predicted molar refractivity (Wildman–Crippen MR) is 81.5 cm³/mol. The summed E-state index contributed by atoms with van der Waals surface area (Å²) in [6.45, 7) is 7.07. The summed E-state index contributed by atoms with van der Waals surface area (Å²) < 4.78 is 0. The van der Waals surface area contributed by atoms with Gasteiger partial charge < -0.3 is 5.32 Å². The van der Waals surface area contributed by atoms with E-state index < -0.39 is 0 Å². The third-order valence-electron chi connectivity index (χ3n) is 5.54. The maximum absolute atomic E-state index is 12.3. The van der Waals surface area contributed by atoms with Crippen molar-refractivity contribution in [1.29, 1.82) is 0 Å². The van der Waals surface area contributed by atoms with Crippen LogP contribution in [0.4, 0.5) is 0 Å². The van der Waals surface area contributed by atoms with Gasteiger partial charge in [0.25, 0.3) is 0 Å². The first-order chi connectivity index (χ1) is 9.53. The van der Waals surface area contributed by atoms with Gasteiger partial charge >= 0.3 is 0 Å². The lowest BCUT2D eigenvalue weighted by atomic mass is 9.73. The Morgan fingerprint density at radius 1 is 1.15 bits per heavy atom. The fourth-order valence-corrected chi connectivity index (χ4v) is 3.84. The van der Waals surface area contributed by atoms with E-state index >= 15 is 0 Å². The first kappa shape index (κ1) is 14.4. The summed E-state index contributed by atoms with van der Waals surface area (Å²) in [5.74, 6) is 1.12. The molecule has 3 heteroatoms. The molecule has 20 heavy (non-hydrogen) atoms. The normalized spacial score (nSPS) is 31.4. The number of hydrogen-bond acceptors (Lipinski definition) is 2. The van der Waals surface area contributed by atoms with Crippen LogP contribution in [0.25, 0.3) is 0 Å². The zero-order valence-electron chi connectivity index (χ0n) is 13.2. The van der Waals surface area contributed by atoms with Gasteiger partial charge in [0, 0.05) is 12.6 Å². The van der Waals surface area contributed by atoms with E-state index in [9.17, 15) is 4.79 Å². The summed E-state index contributed by atoms with van der Waals surface area (Å²) in [5.41, 5.74) is 0.546. The maximum atomic E-state index is 12.3. The van der Waals surface area contributed by atoms with Crippen molar-refractivity contribution < 1.29 is 4.79 Å². The van der Waals surface area contributed by atoms with Crippen LogP contribution in [0.15, 0.2) is 0 Å². The van der Waals surface area contributed by atoms with Crippen LogP contribution in [-0.2, 0) is 4.79 Å². The second-order valence-electron chi connectivity index (χ2n) is 8.04. The zero-order valence-corrected chi connectivity index (χ0v) is 13.2. The van der Waals surface area contributed by atoms with Crippen LogP contribution in [0.1, 0.15) is 65.2 Å². The second-order valence-corrected chi connectivity index (χ2v) is 8.04. The van der Waals surface area contributed by atoms with E-state index in [1.807, 2.05) is 0 Å². The Morgan fingerprint density at radius 2 is 1.85 bits per heavy atom. The Bertz CT molecular complexity index is 352. The lowest BCUT2D eigenvalue weighted by Crippen LogP contribution is -2.46. The van der Waals surface area contributed by atoms with Gasteiger partial charge in [-0.25, -0.2) is 0 Å². The molecule has 2 saturated carbocycles. The van der Waals surface area contributed by atoms with Crippen molar-refractivity contribution in [2.75, 3.05) is 13.1 Å². The monoisotopic (exact) mass is 278 g/mol. The molecular formula is C17H30N2O. The second kappa shape index (κ2) is 5.67. The molecule has 1 saturated heterocycles. The van der Waals surface area contributed by atoms with Gasteiger partial charge in [-0.2, -0.15) is 0 Å². The Balaban J connectivity index is 1.49. The molecule has 1 aliphatic heterocycles. The Labute approximate surface area is 123 Å². The molecule has 2 aliphatic carbocycles. The van der Waals surface area contributed by atoms with E-state index in [0.29, 0.717) is 17.4 Å². The minimum atomic E-state index is 0.172. The maximum Gasteiger partial charge on any atom is 0.237 e. The highest BCUT2D eigenvalue weighted by Crippen LogP contribution is 2.38. The zero-order chi connectivity index (χ0) is 14.2.